The van der Waals surface area contributed by atoms with Gasteiger partial charge in [0.2, 0.25) is 11.8 Å². The molecule has 0 spiro atoms. The predicted octanol–water partition coefficient (Wildman–Crippen LogP) is -5.11. The highest BCUT2D eigenvalue weighted by Gasteiger charge is 2.48. The summed E-state index contributed by atoms with van der Waals surface area (Å²) in [6.45, 7) is 1.26. The molecule has 168 valence electrons. The van der Waals surface area contributed by atoms with Gasteiger partial charge in [0.05, 0.1) is 13.2 Å². The maximum Gasteiger partial charge on any atom is 0.217 e. The van der Waals surface area contributed by atoms with Crippen molar-refractivity contribution in [1.82, 2.24) is 10.6 Å². The Kier molecular flexibility index (Phi) is 8.28. The van der Waals surface area contributed by atoms with E-state index in [2.05, 4.69) is 10.6 Å². The number of ether oxygens (including phenoxy) is 3. The van der Waals surface area contributed by atoms with E-state index in [9.17, 15) is 40.2 Å². The summed E-state index contributed by atoms with van der Waals surface area (Å²) in [7, 11) is 0. The molecule has 0 aromatic carbocycles. The summed E-state index contributed by atoms with van der Waals surface area (Å²) in [6.07, 6.45) is -11.5. The number of carbonyl (C=O) groups excluding carboxylic acids is 2. The number of hydrogen-bond acceptors (Lipinski definition) is 11. The van der Waals surface area contributed by atoms with E-state index in [1.165, 1.54) is 13.8 Å². The molecule has 2 heterocycles. The van der Waals surface area contributed by atoms with E-state index in [0.29, 0.717) is 0 Å². The van der Waals surface area contributed by atoms with Crippen molar-refractivity contribution in [3.05, 3.63) is 0 Å². The van der Waals surface area contributed by atoms with E-state index in [-0.39, 0.29) is 0 Å². The molecule has 29 heavy (non-hydrogen) atoms. The molecule has 0 bridgehead atoms. The number of hydrogen-bond donors (Lipinski definition) is 8. The van der Waals surface area contributed by atoms with Gasteiger partial charge >= 0.3 is 0 Å². The van der Waals surface area contributed by atoms with Crippen LogP contribution >= 0.6 is 0 Å². The number of aliphatic hydroxyl groups excluding tert-OH is 6. The van der Waals surface area contributed by atoms with E-state index < -0.39 is 86.3 Å². The van der Waals surface area contributed by atoms with Crippen LogP contribution in [0, 0.1) is 0 Å². The van der Waals surface area contributed by atoms with Crippen LogP contribution in [0.2, 0.25) is 0 Å². The molecule has 13 heteroatoms. The molecule has 8 N–H and O–H groups in total. The van der Waals surface area contributed by atoms with Gasteiger partial charge in [-0.2, -0.15) is 0 Å². The molecular weight excluding hydrogens is 396 g/mol. The van der Waals surface area contributed by atoms with Crippen LogP contribution in [0.1, 0.15) is 13.8 Å². The zero-order valence-electron chi connectivity index (χ0n) is 15.9. The monoisotopic (exact) mass is 424 g/mol. The van der Waals surface area contributed by atoms with E-state index in [0.717, 1.165) is 0 Å². The van der Waals surface area contributed by atoms with Crippen LogP contribution in [0.4, 0.5) is 0 Å². The zero-order chi connectivity index (χ0) is 21.9. The van der Waals surface area contributed by atoms with Crippen molar-refractivity contribution in [2.24, 2.45) is 0 Å². The second-order valence-electron chi connectivity index (χ2n) is 7.04. The Morgan fingerprint density at radius 1 is 0.828 bits per heavy atom. The summed E-state index contributed by atoms with van der Waals surface area (Å²) in [5.74, 6) is -1.09. The molecule has 2 aliphatic rings. The molecule has 0 aromatic rings. The van der Waals surface area contributed by atoms with Gasteiger partial charge in [0.1, 0.15) is 48.7 Å². The van der Waals surface area contributed by atoms with Crippen LogP contribution in [-0.2, 0) is 23.8 Å². The van der Waals surface area contributed by atoms with Gasteiger partial charge in [0.25, 0.3) is 0 Å². The molecule has 0 aliphatic carbocycles. The average Bonchev–Trinajstić information content (AvgIpc) is 2.65. The molecule has 2 amide bonds. The van der Waals surface area contributed by atoms with Crippen LogP contribution in [0.3, 0.4) is 0 Å². The van der Waals surface area contributed by atoms with Crippen LogP contribution in [0.15, 0.2) is 0 Å². The summed E-state index contributed by atoms with van der Waals surface area (Å²) in [6, 6.07) is -2.46. The highest BCUT2D eigenvalue weighted by atomic mass is 16.7. The van der Waals surface area contributed by atoms with Crippen molar-refractivity contribution in [2.45, 2.75) is 75.1 Å². The molecule has 2 saturated heterocycles. The fourth-order valence-electron chi connectivity index (χ4n) is 3.28. The van der Waals surface area contributed by atoms with Crippen molar-refractivity contribution < 1.29 is 54.4 Å². The Balaban J connectivity index is 2.05. The third-order valence-electron chi connectivity index (χ3n) is 4.77. The first-order valence-electron chi connectivity index (χ1n) is 9.04. The van der Waals surface area contributed by atoms with Gasteiger partial charge in [0.15, 0.2) is 12.6 Å². The molecule has 2 aliphatic heterocycles. The molecule has 13 nitrogen and oxygen atoms in total. The van der Waals surface area contributed by atoms with Crippen molar-refractivity contribution in [3.8, 4) is 0 Å². The quantitative estimate of drug-likeness (QED) is 0.202. The fourth-order valence-corrected chi connectivity index (χ4v) is 3.28. The van der Waals surface area contributed by atoms with Gasteiger partial charge in [-0.3, -0.25) is 9.59 Å². The lowest BCUT2D eigenvalue weighted by Gasteiger charge is -2.44. The van der Waals surface area contributed by atoms with Gasteiger partial charge in [0, 0.05) is 13.8 Å². The predicted molar refractivity (Wildman–Crippen MR) is 91.8 cm³/mol. The molecule has 0 saturated carbocycles. The molecule has 0 radical (unpaired) electrons. The van der Waals surface area contributed by atoms with Gasteiger partial charge < -0.3 is 55.5 Å². The molecule has 2 fully saturated rings. The standard InChI is InChI=1S/C16H28N2O11/c1-5(20)17-9-13(24)12(23)8(28-15(9)26)4-27-16-10(18-6(2)21)14(25)11(22)7(3-19)29-16/h7-16,19,22-26H,3-4H2,1-2H3,(H,17,20)(H,18,21)/t7-,8-,9-,10-,11+,12+,13-,14-,15+,16+/m1/s1. The number of aliphatic hydroxyl groups is 6. The second kappa shape index (κ2) is 10.1. The second-order valence-corrected chi connectivity index (χ2v) is 7.04. The normalized spacial score (nSPS) is 42.9. The van der Waals surface area contributed by atoms with Crippen molar-refractivity contribution >= 4 is 11.8 Å². The largest absolute Gasteiger partial charge is 0.394 e. The maximum absolute atomic E-state index is 11.4. The van der Waals surface area contributed by atoms with E-state index in [1.807, 2.05) is 0 Å². The highest BCUT2D eigenvalue weighted by molar-refractivity contribution is 5.73. The number of amides is 2. The van der Waals surface area contributed by atoms with E-state index >= 15 is 0 Å². The van der Waals surface area contributed by atoms with Crippen LogP contribution in [0.5, 0.6) is 0 Å². The van der Waals surface area contributed by atoms with Gasteiger partial charge in [-0.1, -0.05) is 0 Å². The number of rotatable bonds is 6. The third kappa shape index (κ3) is 5.59. The lowest BCUT2D eigenvalue weighted by Crippen LogP contribution is -2.66. The number of nitrogens with one attached hydrogen (secondary N) is 2. The summed E-state index contributed by atoms with van der Waals surface area (Å²) >= 11 is 0. The molecule has 0 aromatic heterocycles. The molecular formula is C16H28N2O11. The Hall–Kier alpha value is -1.42. The molecule has 2 rings (SSSR count). The minimum Gasteiger partial charge on any atom is -0.394 e. The van der Waals surface area contributed by atoms with Gasteiger partial charge in [-0.25, -0.2) is 0 Å². The lowest BCUT2D eigenvalue weighted by atomic mass is 9.96. The Morgan fingerprint density at radius 2 is 1.34 bits per heavy atom. The minimum atomic E-state index is -1.64. The average molecular weight is 424 g/mol. The summed E-state index contributed by atoms with van der Waals surface area (Å²) in [5, 5.41) is 64.4. The summed E-state index contributed by atoms with van der Waals surface area (Å²) < 4.78 is 16.0. The van der Waals surface area contributed by atoms with Gasteiger partial charge in [-0.05, 0) is 0 Å². The lowest BCUT2D eigenvalue weighted by molar-refractivity contribution is -0.297. The van der Waals surface area contributed by atoms with Crippen molar-refractivity contribution in [2.75, 3.05) is 13.2 Å². The Morgan fingerprint density at radius 3 is 1.90 bits per heavy atom. The van der Waals surface area contributed by atoms with Crippen molar-refractivity contribution in [3.63, 3.8) is 0 Å². The van der Waals surface area contributed by atoms with Crippen LogP contribution in [-0.4, -0.2) is 117 Å². The van der Waals surface area contributed by atoms with Crippen molar-refractivity contribution in [1.29, 1.82) is 0 Å². The van der Waals surface area contributed by atoms with Gasteiger partial charge in [-0.15, -0.1) is 0 Å². The first-order valence-corrected chi connectivity index (χ1v) is 9.04. The van der Waals surface area contributed by atoms with Crippen LogP contribution < -0.4 is 10.6 Å². The first-order chi connectivity index (χ1) is 13.6. The fraction of sp³-hybridized carbons (Fsp3) is 0.875. The summed E-state index contributed by atoms with van der Waals surface area (Å²) in [5.41, 5.74) is 0. The Bertz CT molecular complexity index is 579. The molecule has 10 atom stereocenters. The smallest absolute Gasteiger partial charge is 0.217 e. The van der Waals surface area contributed by atoms with E-state index in [4.69, 9.17) is 14.2 Å². The third-order valence-corrected chi connectivity index (χ3v) is 4.77. The van der Waals surface area contributed by atoms with E-state index in [1.54, 1.807) is 0 Å². The maximum atomic E-state index is 11.4. The SMILES string of the molecule is CC(=O)N[C@@H]1[C@@H](O)[C@@H](O)[C@@H](CO[C@H]2O[C@H](CO)[C@H](O)[C@H](O)[C@H]2NC(C)=O)O[C@@H]1O. The zero-order valence-corrected chi connectivity index (χ0v) is 15.9. The minimum absolute atomic E-state index is 0.455. The number of carbonyl (C=O) groups is 2. The molecule has 0 unspecified atom stereocenters. The van der Waals surface area contributed by atoms with Crippen LogP contribution in [0.25, 0.3) is 0 Å². The summed E-state index contributed by atoms with van der Waals surface area (Å²) in [4.78, 5) is 22.6. The topological polar surface area (TPSA) is 207 Å². The highest BCUT2D eigenvalue weighted by Crippen LogP contribution is 2.25. The Labute approximate surface area is 166 Å². The first kappa shape index (κ1) is 23.9.